The van der Waals surface area contributed by atoms with Gasteiger partial charge in [0.1, 0.15) is 5.75 Å². The van der Waals surface area contributed by atoms with E-state index in [-0.39, 0.29) is 18.2 Å². The Labute approximate surface area is 150 Å². The number of carbonyl (C=O) groups excluding carboxylic acids is 2. The number of carbonyl (C=O) groups is 2. The molecule has 2 aromatic carbocycles. The van der Waals surface area contributed by atoms with E-state index >= 15 is 0 Å². The van der Waals surface area contributed by atoms with E-state index in [1.54, 1.807) is 12.0 Å². The minimum absolute atomic E-state index is 0.0745. The van der Waals surface area contributed by atoms with Crippen LogP contribution in [0, 0.1) is 5.92 Å². The van der Waals surface area contributed by atoms with Gasteiger partial charge in [-0.2, -0.15) is 0 Å². The molecule has 0 saturated carbocycles. The number of para-hydroxylation sites is 2. The highest BCUT2D eigenvalue weighted by atomic mass is 16.5. The number of benzene rings is 2. The number of fused-ring (bicyclic) bond motifs is 1. The van der Waals surface area contributed by atoms with E-state index in [1.807, 2.05) is 54.7 Å². The van der Waals surface area contributed by atoms with Gasteiger partial charge in [0.05, 0.1) is 24.4 Å². The second-order valence-electron chi connectivity index (χ2n) is 6.31. The summed E-state index contributed by atoms with van der Waals surface area (Å²) in [6.07, 6.45) is 2.02. The maximum Gasteiger partial charge on any atom is 0.229 e. The summed E-state index contributed by atoms with van der Waals surface area (Å²) in [5.41, 5.74) is 2.40. The number of nitrogens with one attached hydrogen (secondary N) is 2. The summed E-state index contributed by atoms with van der Waals surface area (Å²) in [7, 11) is 1.57. The summed E-state index contributed by atoms with van der Waals surface area (Å²) in [5.74, 6) is -0.000407. The second kappa shape index (κ2) is 6.55. The predicted molar refractivity (Wildman–Crippen MR) is 100 cm³/mol. The molecule has 1 aliphatic rings. The third kappa shape index (κ3) is 2.79. The van der Waals surface area contributed by atoms with Gasteiger partial charge in [-0.25, -0.2) is 0 Å². The van der Waals surface area contributed by atoms with Crippen molar-refractivity contribution >= 4 is 34.1 Å². The second-order valence-corrected chi connectivity index (χ2v) is 6.31. The first-order chi connectivity index (χ1) is 12.7. The molecule has 1 aromatic heterocycles. The molecule has 3 aromatic rings. The largest absolute Gasteiger partial charge is 0.495 e. The first kappa shape index (κ1) is 16.2. The Hall–Kier alpha value is -3.28. The SMILES string of the molecule is COc1ccccc1N1C[C@@H](C(=O)Nc2cccc3[nH]ccc23)CC1=O. The Morgan fingerprint density at radius 3 is 2.88 bits per heavy atom. The van der Waals surface area contributed by atoms with Crippen molar-refractivity contribution < 1.29 is 14.3 Å². The molecular weight excluding hydrogens is 330 g/mol. The highest BCUT2D eigenvalue weighted by Gasteiger charge is 2.36. The fourth-order valence-electron chi connectivity index (χ4n) is 3.40. The quantitative estimate of drug-likeness (QED) is 0.760. The lowest BCUT2D eigenvalue weighted by atomic mass is 10.1. The number of hydrogen-bond acceptors (Lipinski definition) is 3. The van der Waals surface area contributed by atoms with Crippen molar-refractivity contribution in [2.24, 2.45) is 5.92 Å². The van der Waals surface area contributed by atoms with Crippen molar-refractivity contribution in [1.29, 1.82) is 0 Å². The lowest BCUT2D eigenvalue weighted by molar-refractivity contribution is -0.122. The summed E-state index contributed by atoms with van der Waals surface area (Å²) in [6, 6.07) is 15.0. The molecular formula is C20H19N3O3. The molecule has 0 radical (unpaired) electrons. The number of rotatable bonds is 4. The van der Waals surface area contributed by atoms with E-state index in [9.17, 15) is 9.59 Å². The fourth-order valence-corrected chi connectivity index (χ4v) is 3.40. The van der Waals surface area contributed by atoms with E-state index in [1.165, 1.54) is 0 Å². The van der Waals surface area contributed by atoms with Gasteiger partial charge in [-0.15, -0.1) is 0 Å². The molecule has 2 heterocycles. The molecule has 6 heteroatoms. The van der Waals surface area contributed by atoms with E-state index in [4.69, 9.17) is 4.74 Å². The molecule has 6 nitrogen and oxygen atoms in total. The van der Waals surface area contributed by atoms with Crippen LogP contribution in [-0.2, 0) is 9.59 Å². The van der Waals surface area contributed by atoms with Crippen LogP contribution in [0.5, 0.6) is 5.75 Å². The summed E-state index contributed by atoms with van der Waals surface area (Å²) in [4.78, 5) is 29.9. The van der Waals surface area contributed by atoms with Crippen LogP contribution in [0.3, 0.4) is 0 Å². The smallest absolute Gasteiger partial charge is 0.229 e. The van der Waals surface area contributed by atoms with Gasteiger partial charge in [0.25, 0.3) is 0 Å². The van der Waals surface area contributed by atoms with E-state index < -0.39 is 5.92 Å². The van der Waals surface area contributed by atoms with E-state index in [0.29, 0.717) is 18.0 Å². The van der Waals surface area contributed by atoms with E-state index in [0.717, 1.165) is 16.6 Å². The first-order valence-corrected chi connectivity index (χ1v) is 8.47. The fraction of sp³-hybridized carbons (Fsp3) is 0.200. The third-order valence-electron chi connectivity index (χ3n) is 4.72. The minimum atomic E-state index is -0.401. The molecule has 1 fully saturated rings. The number of anilines is 2. The van der Waals surface area contributed by atoms with Crippen molar-refractivity contribution in [3.05, 3.63) is 54.7 Å². The normalized spacial score (nSPS) is 16.9. The van der Waals surface area contributed by atoms with Gasteiger partial charge < -0.3 is 19.9 Å². The van der Waals surface area contributed by atoms with E-state index in [2.05, 4.69) is 10.3 Å². The molecule has 2 amide bonds. The Bertz CT molecular complexity index is 979. The average molecular weight is 349 g/mol. The molecule has 1 atom stereocenters. The standard InChI is InChI=1S/C20H19N3O3/c1-26-18-8-3-2-7-17(18)23-12-13(11-19(23)24)20(25)22-16-6-4-5-15-14(16)9-10-21-15/h2-10,13,21H,11-12H2,1H3,(H,22,25)/t13-/m0/s1. The molecule has 1 saturated heterocycles. The predicted octanol–water partition coefficient (Wildman–Crippen LogP) is 3.17. The molecule has 0 aliphatic carbocycles. The van der Waals surface area contributed by atoms with Crippen LogP contribution >= 0.6 is 0 Å². The van der Waals surface area contributed by atoms with Crippen LogP contribution in [0.25, 0.3) is 10.9 Å². The molecule has 26 heavy (non-hydrogen) atoms. The zero-order chi connectivity index (χ0) is 18.1. The monoisotopic (exact) mass is 349 g/mol. The molecule has 0 bridgehead atoms. The molecule has 132 valence electrons. The molecule has 4 rings (SSSR count). The number of methoxy groups -OCH3 is 1. The van der Waals surface area contributed by atoms with Crippen LogP contribution in [0.15, 0.2) is 54.7 Å². The van der Waals surface area contributed by atoms with Gasteiger partial charge in [-0.1, -0.05) is 18.2 Å². The van der Waals surface area contributed by atoms with Crippen molar-refractivity contribution in [1.82, 2.24) is 4.98 Å². The van der Waals surface area contributed by atoms with Crippen LogP contribution in [0.2, 0.25) is 0 Å². The Morgan fingerprint density at radius 1 is 1.19 bits per heavy atom. The Morgan fingerprint density at radius 2 is 2.04 bits per heavy atom. The Kier molecular flexibility index (Phi) is 4.08. The number of aromatic amines is 1. The highest BCUT2D eigenvalue weighted by molar-refractivity contribution is 6.07. The highest BCUT2D eigenvalue weighted by Crippen LogP contribution is 2.33. The van der Waals surface area contributed by atoms with Crippen molar-refractivity contribution in [3.8, 4) is 5.75 Å². The van der Waals surface area contributed by atoms with Gasteiger partial charge >= 0.3 is 0 Å². The molecule has 0 spiro atoms. The average Bonchev–Trinajstić information content (AvgIpc) is 3.29. The maximum absolute atomic E-state index is 12.7. The Balaban J connectivity index is 1.53. The van der Waals surface area contributed by atoms with Crippen LogP contribution in [-0.4, -0.2) is 30.5 Å². The van der Waals surface area contributed by atoms with Gasteiger partial charge in [0, 0.05) is 30.1 Å². The number of amides is 2. The van der Waals surface area contributed by atoms with Crippen molar-refractivity contribution in [3.63, 3.8) is 0 Å². The van der Waals surface area contributed by atoms with Crippen LogP contribution < -0.4 is 15.0 Å². The van der Waals surface area contributed by atoms with Crippen molar-refractivity contribution in [2.75, 3.05) is 23.9 Å². The third-order valence-corrected chi connectivity index (χ3v) is 4.72. The molecule has 2 N–H and O–H groups in total. The van der Waals surface area contributed by atoms with Crippen molar-refractivity contribution in [2.45, 2.75) is 6.42 Å². The van der Waals surface area contributed by atoms with Gasteiger partial charge in [-0.3, -0.25) is 9.59 Å². The number of aromatic nitrogens is 1. The van der Waals surface area contributed by atoms with Gasteiger partial charge in [0.15, 0.2) is 0 Å². The minimum Gasteiger partial charge on any atom is -0.495 e. The lowest BCUT2D eigenvalue weighted by Gasteiger charge is -2.19. The first-order valence-electron chi connectivity index (χ1n) is 8.47. The number of H-pyrrole nitrogens is 1. The summed E-state index contributed by atoms with van der Waals surface area (Å²) >= 11 is 0. The van der Waals surface area contributed by atoms with Gasteiger partial charge in [0.2, 0.25) is 11.8 Å². The number of ether oxygens (including phenoxy) is 1. The topological polar surface area (TPSA) is 74.4 Å². The molecule has 0 unspecified atom stereocenters. The maximum atomic E-state index is 12.7. The van der Waals surface area contributed by atoms with Gasteiger partial charge in [-0.05, 0) is 30.3 Å². The zero-order valence-electron chi connectivity index (χ0n) is 14.4. The van der Waals surface area contributed by atoms with Crippen LogP contribution in [0.4, 0.5) is 11.4 Å². The van der Waals surface area contributed by atoms with Crippen LogP contribution in [0.1, 0.15) is 6.42 Å². The molecule has 1 aliphatic heterocycles. The lowest BCUT2D eigenvalue weighted by Crippen LogP contribution is -2.28. The summed E-state index contributed by atoms with van der Waals surface area (Å²) < 4.78 is 5.34. The summed E-state index contributed by atoms with van der Waals surface area (Å²) in [5, 5.41) is 3.92. The number of nitrogens with zero attached hydrogens (tertiary/aromatic N) is 1. The zero-order valence-corrected chi connectivity index (χ0v) is 14.4. The summed E-state index contributed by atoms with van der Waals surface area (Å²) in [6.45, 7) is 0.341. The number of hydrogen-bond donors (Lipinski definition) is 2.